The van der Waals surface area contributed by atoms with E-state index in [0.29, 0.717) is 18.7 Å². The molecule has 152 valence electrons. The highest BCUT2D eigenvalue weighted by Crippen LogP contribution is 2.22. The molecule has 0 aliphatic rings. The number of amides is 1. The summed E-state index contributed by atoms with van der Waals surface area (Å²) in [6, 6.07) is 9.55. The minimum absolute atomic E-state index is 0.0125. The van der Waals surface area contributed by atoms with Gasteiger partial charge in [0.15, 0.2) is 0 Å². The Morgan fingerprint density at radius 2 is 2.04 bits per heavy atom. The molecule has 0 saturated carbocycles. The third-order valence-corrected chi connectivity index (χ3v) is 4.52. The molecule has 0 bridgehead atoms. The van der Waals surface area contributed by atoms with Crippen LogP contribution in [0.1, 0.15) is 61.2 Å². The lowest BCUT2D eigenvalue weighted by molar-refractivity contribution is 0.0432. The molecule has 0 aliphatic heterocycles. The van der Waals surface area contributed by atoms with Gasteiger partial charge in [0.25, 0.3) is 5.91 Å². The summed E-state index contributed by atoms with van der Waals surface area (Å²) >= 11 is 0. The minimum atomic E-state index is 0.0125. The molecule has 1 heterocycles. The van der Waals surface area contributed by atoms with Crippen LogP contribution in [0.3, 0.4) is 0 Å². The van der Waals surface area contributed by atoms with Crippen LogP contribution >= 0.6 is 0 Å². The molecule has 2 rings (SSSR count). The van der Waals surface area contributed by atoms with Gasteiger partial charge in [-0.2, -0.15) is 0 Å². The molecule has 1 unspecified atom stereocenters. The summed E-state index contributed by atoms with van der Waals surface area (Å²) in [5.41, 5.74) is 2.74. The smallest absolute Gasteiger partial charge is 0.253 e. The van der Waals surface area contributed by atoms with Crippen LogP contribution < -0.4 is 4.74 Å². The first kappa shape index (κ1) is 21.9. The number of carbonyl (C=O) groups excluding carboxylic acids is 1. The fraction of sp³-hybridized carbons (Fsp3) is 0.478. The summed E-state index contributed by atoms with van der Waals surface area (Å²) in [5.74, 6) is 0.835. The Kier molecular flexibility index (Phi) is 8.45. The molecule has 0 aliphatic carbocycles. The van der Waals surface area contributed by atoms with Crippen molar-refractivity contribution in [3.8, 4) is 5.75 Å². The lowest BCUT2D eigenvalue weighted by atomic mass is 10.1. The zero-order valence-electron chi connectivity index (χ0n) is 17.6. The quantitative estimate of drug-likeness (QED) is 0.552. The summed E-state index contributed by atoms with van der Waals surface area (Å²) < 4.78 is 11.7. The summed E-state index contributed by atoms with van der Waals surface area (Å²) in [7, 11) is 1.83. The number of benzene rings is 1. The van der Waals surface area contributed by atoms with Crippen molar-refractivity contribution in [2.24, 2.45) is 0 Å². The second-order valence-corrected chi connectivity index (χ2v) is 7.28. The van der Waals surface area contributed by atoms with Crippen LogP contribution in [0.2, 0.25) is 0 Å². The predicted molar refractivity (Wildman–Crippen MR) is 112 cm³/mol. The molecule has 0 radical (unpaired) electrons. The molecule has 0 spiro atoms. The van der Waals surface area contributed by atoms with E-state index in [-0.39, 0.29) is 18.1 Å². The van der Waals surface area contributed by atoms with E-state index >= 15 is 0 Å². The van der Waals surface area contributed by atoms with Crippen molar-refractivity contribution in [3.63, 3.8) is 0 Å². The summed E-state index contributed by atoms with van der Waals surface area (Å²) in [6.45, 7) is 9.29. The lowest BCUT2D eigenvalue weighted by Crippen LogP contribution is -2.28. The Morgan fingerprint density at radius 3 is 2.64 bits per heavy atom. The Bertz CT molecular complexity index is 747. The van der Waals surface area contributed by atoms with Crippen LogP contribution in [0.5, 0.6) is 5.75 Å². The molecule has 5 heteroatoms. The molecular weight excluding hydrogens is 352 g/mol. The van der Waals surface area contributed by atoms with Gasteiger partial charge in [-0.25, -0.2) is 0 Å². The first-order chi connectivity index (χ1) is 13.4. The molecule has 5 nitrogen and oxygen atoms in total. The van der Waals surface area contributed by atoms with Crippen LogP contribution in [0.25, 0.3) is 0 Å². The Morgan fingerprint density at radius 1 is 1.25 bits per heavy atom. The molecule has 0 saturated heterocycles. The van der Waals surface area contributed by atoms with E-state index < -0.39 is 0 Å². The number of rotatable bonds is 10. The number of aryl methyl sites for hydroxylation is 1. The number of aromatic nitrogens is 1. The van der Waals surface area contributed by atoms with E-state index in [1.54, 1.807) is 11.1 Å². The SMILES string of the molecule is CCC(OCCCN(C)C(=O)c1ccc(OC(C)C)c(C)c1)c1cccnc1. The van der Waals surface area contributed by atoms with E-state index in [2.05, 4.69) is 11.9 Å². The highest BCUT2D eigenvalue weighted by Gasteiger charge is 2.14. The second kappa shape index (κ2) is 10.8. The van der Waals surface area contributed by atoms with E-state index in [9.17, 15) is 4.79 Å². The Labute approximate surface area is 168 Å². The monoisotopic (exact) mass is 384 g/mol. The van der Waals surface area contributed by atoms with E-state index in [4.69, 9.17) is 9.47 Å². The van der Waals surface area contributed by atoms with Gasteiger partial charge in [0.2, 0.25) is 0 Å². The maximum atomic E-state index is 12.7. The van der Waals surface area contributed by atoms with Gasteiger partial charge < -0.3 is 14.4 Å². The molecule has 0 fully saturated rings. The number of hydrogen-bond donors (Lipinski definition) is 0. The van der Waals surface area contributed by atoms with Gasteiger partial charge in [-0.05, 0) is 69.0 Å². The molecule has 1 aromatic heterocycles. The molecule has 1 atom stereocenters. The number of hydrogen-bond acceptors (Lipinski definition) is 4. The largest absolute Gasteiger partial charge is 0.491 e. The Hall–Kier alpha value is -2.40. The maximum Gasteiger partial charge on any atom is 0.253 e. The van der Waals surface area contributed by atoms with Gasteiger partial charge in [0.1, 0.15) is 5.75 Å². The van der Waals surface area contributed by atoms with E-state index in [1.165, 1.54) is 0 Å². The molecule has 0 N–H and O–H groups in total. The first-order valence-electron chi connectivity index (χ1n) is 9.96. The molecule has 2 aromatic rings. The van der Waals surface area contributed by atoms with Crippen molar-refractivity contribution in [2.45, 2.75) is 52.7 Å². The van der Waals surface area contributed by atoms with Crippen molar-refractivity contribution in [1.29, 1.82) is 0 Å². The molecule has 28 heavy (non-hydrogen) atoms. The number of pyridine rings is 1. The fourth-order valence-corrected chi connectivity index (χ4v) is 3.03. The first-order valence-corrected chi connectivity index (χ1v) is 9.96. The van der Waals surface area contributed by atoms with E-state index in [0.717, 1.165) is 29.7 Å². The van der Waals surface area contributed by atoms with Gasteiger partial charge in [0, 0.05) is 38.2 Å². The molecular formula is C23H32N2O3. The highest BCUT2D eigenvalue weighted by molar-refractivity contribution is 5.94. The van der Waals surface area contributed by atoms with Gasteiger partial charge in [-0.1, -0.05) is 13.0 Å². The second-order valence-electron chi connectivity index (χ2n) is 7.28. The van der Waals surface area contributed by atoms with Crippen molar-refractivity contribution in [1.82, 2.24) is 9.88 Å². The summed E-state index contributed by atoms with van der Waals surface area (Å²) in [5, 5.41) is 0. The van der Waals surface area contributed by atoms with Gasteiger partial charge >= 0.3 is 0 Å². The zero-order chi connectivity index (χ0) is 20.5. The summed E-state index contributed by atoms with van der Waals surface area (Å²) in [4.78, 5) is 18.6. The molecule has 1 amide bonds. The standard InChI is InChI=1S/C23H32N2O3/c1-6-21(20-9-7-12-24-16-20)27-14-8-13-25(5)23(26)19-10-11-22(18(4)15-19)28-17(2)3/h7,9-12,15-17,21H,6,8,13-14H2,1-5H3. The lowest BCUT2D eigenvalue weighted by Gasteiger charge is -2.20. The van der Waals surface area contributed by atoms with Gasteiger partial charge in [-0.15, -0.1) is 0 Å². The van der Waals surface area contributed by atoms with Crippen molar-refractivity contribution in [3.05, 3.63) is 59.4 Å². The number of ether oxygens (including phenoxy) is 2. The number of carbonyl (C=O) groups is 1. The number of nitrogens with zero attached hydrogens (tertiary/aromatic N) is 2. The minimum Gasteiger partial charge on any atom is -0.491 e. The highest BCUT2D eigenvalue weighted by atomic mass is 16.5. The third-order valence-electron chi connectivity index (χ3n) is 4.52. The predicted octanol–water partition coefficient (Wildman–Crippen LogP) is 4.81. The zero-order valence-corrected chi connectivity index (χ0v) is 17.6. The maximum absolute atomic E-state index is 12.7. The van der Waals surface area contributed by atoms with Crippen LogP contribution in [-0.4, -0.2) is 42.1 Å². The Balaban J connectivity index is 1.83. The topological polar surface area (TPSA) is 51.7 Å². The van der Waals surface area contributed by atoms with Crippen LogP contribution in [0, 0.1) is 6.92 Å². The average molecular weight is 385 g/mol. The van der Waals surface area contributed by atoms with Crippen molar-refractivity contribution in [2.75, 3.05) is 20.2 Å². The van der Waals surface area contributed by atoms with Gasteiger partial charge in [0.05, 0.1) is 12.2 Å². The van der Waals surface area contributed by atoms with Crippen molar-refractivity contribution < 1.29 is 14.3 Å². The molecule has 1 aromatic carbocycles. The summed E-state index contributed by atoms with van der Waals surface area (Å²) in [6.07, 6.45) is 5.45. The third kappa shape index (κ3) is 6.34. The van der Waals surface area contributed by atoms with Crippen LogP contribution in [0.4, 0.5) is 0 Å². The van der Waals surface area contributed by atoms with E-state index in [1.807, 2.05) is 64.3 Å². The van der Waals surface area contributed by atoms with Gasteiger partial charge in [-0.3, -0.25) is 9.78 Å². The average Bonchev–Trinajstić information content (AvgIpc) is 2.69. The fourth-order valence-electron chi connectivity index (χ4n) is 3.03. The normalized spacial score (nSPS) is 12.1. The van der Waals surface area contributed by atoms with Crippen LogP contribution in [0.15, 0.2) is 42.7 Å². The van der Waals surface area contributed by atoms with Crippen molar-refractivity contribution >= 4 is 5.91 Å². The van der Waals surface area contributed by atoms with Crippen LogP contribution in [-0.2, 0) is 4.74 Å².